The van der Waals surface area contributed by atoms with Gasteiger partial charge in [0.15, 0.2) is 0 Å². The van der Waals surface area contributed by atoms with E-state index >= 15 is 0 Å². The summed E-state index contributed by atoms with van der Waals surface area (Å²) in [4.78, 5) is 0. The Morgan fingerprint density at radius 1 is 0.684 bits per heavy atom. The van der Waals surface area contributed by atoms with Crippen LogP contribution >= 0.6 is 0 Å². The summed E-state index contributed by atoms with van der Waals surface area (Å²) in [6, 6.07) is 30.1. The van der Waals surface area contributed by atoms with Crippen LogP contribution < -0.4 is 0 Å². The molecule has 38 heavy (non-hydrogen) atoms. The lowest BCUT2D eigenvalue weighted by Gasteiger charge is -2.46. The van der Waals surface area contributed by atoms with Crippen LogP contribution in [-0.4, -0.2) is 42.2 Å². The highest BCUT2D eigenvalue weighted by Crippen LogP contribution is 2.33. The van der Waals surface area contributed by atoms with E-state index in [0.29, 0.717) is 19.8 Å². The third-order valence-electron chi connectivity index (χ3n) is 6.69. The lowest BCUT2D eigenvalue weighted by atomic mass is 9.89. The Bertz CT molecular complexity index is 1130. The number of allylic oxidation sites excluding steroid dienone is 2. The van der Waals surface area contributed by atoms with Gasteiger partial charge < -0.3 is 24.1 Å². The van der Waals surface area contributed by atoms with Crippen LogP contribution in [0, 0.1) is 0 Å². The predicted molar refractivity (Wildman–Crippen MR) is 149 cm³/mol. The largest absolute Gasteiger partial charge is 0.394 e. The second kappa shape index (κ2) is 14.8. The first-order valence-corrected chi connectivity index (χ1v) is 13.2. The van der Waals surface area contributed by atoms with Crippen LogP contribution in [0.2, 0.25) is 0 Å². The Balaban J connectivity index is 1.66. The molecule has 200 valence electrons. The van der Waals surface area contributed by atoms with Gasteiger partial charge in [0.1, 0.15) is 30.5 Å². The maximum atomic E-state index is 10.4. The smallest absolute Gasteiger partial charge is 0.117 e. The average Bonchev–Trinajstić information content (AvgIpc) is 2.98. The molecule has 1 aliphatic heterocycles. The number of rotatable bonds is 12. The Morgan fingerprint density at radius 3 is 1.55 bits per heavy atom. The van der Waals surface area contributed by atoms with Gasteiger partial charge in [0.05, 0.1) is 26.4 Å². The van der Waals surface area contributed by atoms with E-state index < -0.39 is 30.5 Å². The SMILES string of the molecule is CC=CC(=CC)C1OC(CO)C(OCc2ccccc2)C(OCc2ccccc2)C1OCc1ccccc1. The Labute approximate surface area is 226 Å². The molecule has 1 N–H and O–H groups in total. The molecule has 0 aliphatic carbocycles. The molecule has 0 spiro atoms. The number of hydrogen-bond donors (Lipinski definition) is 1. The molecule has 0 aromatic heterocycles. The highest BCUT2D eigenvalue weighted by molar-refractivity contribution is 5.26. The molecule has 1 fully saturated rings. The summed E-state index contributed by atoms with van der Waals surface area (Å²) < 4.78 is 26.2. The highest BCUT2D eigenvalue weighted by atomic mass is 16.6. The van der Waals surface area contributed by atoms with Crippen LogP contribution in [-0.2, 0) is 38.8 Å². The quantitative estimate of drug-likeness (QED) is 0.299. The summed E-state index contributed by atoms with van der Waals surface area (Å²) in [6.45, 7) is 4.93. The number of aliphatic hydroxyl groups is 1. The van der Waals surface area contributed by atoms with Gasteiger partial charge in [-0.15, -0.1) is 0 Å². The molecule has 1 heterocycles. The summed E-state index contributed by atoms with van der Waals surface area (Å²) in [5.41, 5.74) is 4.13. The minimum absolute atomic E-state index is 0.195. The van der Waals surface area contributed by atoms with E-state index in [0.717, 1.165) is 22.3 Å². The van der Waals surface area contributed by atoms with Gasteiger partial charge in [-0.05, 0) is 36.1 Å². The van der Waals surface area contributed by atoms with Gasteiger partial charge in [-0.25, -0.2) is 0 Å². The molecular weight excluding hydrogens is 476 g/mol. The van der Waals surface area contributed by atoms with E-state index in [1.807, 2.05) is 123 Å². The molecule has 5 nitrogen and oxygen atoms in total. The topological polar surface area (TPSA) is 57.2 Å². The van der Waals surface area contributed by atoms with Crippen molar-refractivity contribution in [2.24, 2.45) is 0 Å². The summed E-state index contributed by atoms with van der Waals surface area (Å²) in [7, 11) is 0. The van der Waals surface area contributed by atoms with Crippen molar-refractivity contribution >= 4 is 0 Å². The van der Waals surface area contributed by atoms with Crippen molar-refractivity contribution in [1.29, 1.82) is 0 Å². The van der Waals surface area contributed by atoms with Crippen molar-refractivity contribution in [2.45, 2.75) is 64.2 Å². The second-order valence-corrected chi connectivity index (χ2v) is 9.35. The van der Waals surface area contributed by atoms with Gasteiger partial charge in [-0.1, -0.05) is 109 Å². The van der Waals surface area contributed by atoms with E-state index in [2.05, 4.69) is 0 Å². The maximum absolute atomic E-state index is 10.4. The van der Waals surface area contributed by atoms with Crippen LogP contribution in [0.15, 0.2) is 115 Å². The zero-order valence-corrected chi connectivity index (χ0v) is 22.2. The molecule has 1 aliphatic rings. The molecule has 0 saturated carbocycles. The van der Waals surface area contributed by atoms with E-state index in [1.54, 1.807) is 0 Å². The fourth-order valence-corrected chi connectivity index (χ4v) is 4.75. The van der Waals surface area contributed by atoms with Gasteiger partial charge in [-0.2, -0.15) is 0 Å². The molecule has 5 atom stereocenters. The minimum Gasteiger partial charge on any atom is -0.394 e. The first kappa shape index (κ1) is 28.0. The first-order chi connectivity index (χ1) is 18.7. The van der Waals surface area contributed by atoms with Crippen molar-refractivity contribution in [2.75, 3.05) is 6.61 Å². The summed E-state index contributed by atoms with van der Waals surface area (Å²) in [6.07, 6.45) is 3.52. The van der Waals surface area contributed by atoms with Crippen LogP contribution in [0.25, 0.3) is 0 Å². The molecule has 1 saturated heterocycles. The highest BCUT2D eigenvalue weighted by Gasteiger charge is 2.48. The lowest BCUT2D eigenvalue weighted by Crippen LogP contribution is -2.61. The molecule has 4 rings (SSSR count). The van der Waals surface area contributed by atoms with Crippen molar-refractivity contribution in [3.05, 3.63) is 131 Å². The summed E-state index contributed by atoms with van der Waals surface area (Å²) in [5, 5.41) is 10.4. The van der Waals surface area contributed by atoms with Crippen molar-refractivity contribution in [3.63, 3.8) is 0 Å². The van der Waals surface area contributed by atoms with Gasteiger partial charge in [-0.3, -0.25) is 0 Å². The molecule has 3 aromatic rings. The molecule has 5 heteroatoms. The van der Waals surface area contributed by atoms with Gasteiger partial charge in [0.25, 0.3) is 0 Å². The zero-order chi connectivity index (χ0) is 26.6. The number of aliphatic hydroxyl groups excluding tert-OH is 1. The monoisotopic (exact) mass is 514 g/mol. The number of benzene rings is 3. The van der Waals surface area contributed by atoms with E-state index in [1.165, 1.54) is 0 Å². The third-order valence-corrected chi connectivity index (χ3v) is 6.69. The predicted octanol–water partition coefficient (Wildman–Crippen LogP) is 6.02. The number of ether oxygens (including phenoxy) is 4. The van der Waals surface area contributed by atoms with Crippen LogP contribution in [0.1, 0.15) is 30.5 Å². The third kappa shape index (κ3) is 7.50. The van der Waals surface area contributed by atoms with Crippen LogP contribution in [0.5, 0.6) is 0 Å². The molecule has 0 bridgehead atoms. The summed E-state index contributed by atoms with van der Waals surface area (Å²) >= 11 is 0. The molecular formula is C33H38O5. The van der Waals surface area contributed by atoms with E-state index in [-0.39, 0.29) is 6.61 Å². The average molecular weight is 515 g/mol. The van der Waals surface area contributed by atoms with Gasteiger partial charge >= 0.3 is 0 Å². The van der Waals surface area contributed by atoms with Crippen molar-refractivity contribution < 1.29 is 24.1 Å². The normalized spacial score (nSPS) is 24.1. The molecule has 0 radical (unpaired) electrons. The Morgan fingerprint density at radius 2 is 1.13 bits per heavy atom. The Hall–Kier alpha value is -3.06. The fourth-order valence-electron chi connectivity index (χ4n) is 4.75. The standard InChI is InChI=1S/C33H38O5/c1-3-14-28(4-2)30-32(36-23-26-17-10-6-11-18-26)33(37-24-27-19-12-7-13-20-27)31(29(21-34)38-30)35-22-25-15-8-5-9-16-25/h3-20,29-34H,21-24H2,1-2H3. The molecule has 0 amide bonds. The van der Waals surface area contributed by atoms with E-state index in [9.17, 15) is 5.11 Å². The van der Waals surface area contributed by atoms with Crippen molar-refractivity contribution in [1.82, 2.24) is 0 Å². The van der Waals surface area contributed by atoms with Crippen LogP contribution in [0.4, 0.5) is 0 Å². The Kier molecular flexibility index (Phi) is 10.9. The maximum Gasteiger partial charge on any atom is 0.117 e. The fraction of sp³-hybridized carbons (Fsp3) is 0.333. The van der Waals surface area contributed by atoms with Crippen LogP contribution in [0.3, 0.4) is 0 Å². The first-order valence-electron chi connectivity index (χ1n) is 13.2. The van der Waals surface area contributed by atoms with Gasteiger partial charge in [0.2, 0.25) is 0 Å². The van der Waals surface area contributed by atoms with E-state index in [4.69, 9.17) is 18.9 Å². The second-order valence-electron chi connectivity index (χ2n) is 9.35. The number of hydrogen-bond acceptors (Lipinski definition) is 5. The molecule has 3 aromatic carbocycles. The van der Waals surface area contributed by atoms with Crippen molar-refractivity contribution in [3.8, 4) is 0 Å². The minimum atomic E-state index is -0.582. The summed E-state index contributed by atoms with van der Waals surface area (Å²) in [5.74, 6) is 0. The molecule has 5 unspecified atom stereocenters. The van der Waals surface area contributed by atoms with Gasteiger partial charge in [0, 0.05) is 0 Å². The lowest BCUT2D eigenvalue weighted by molar-refractivity contribution is -0.262. The zero-order valence-electron chi connectivity index (χ0n) is 22.2.